The zero-order chi connectivity index (χ0) is 33.9. The molecule has 0 aliphatic heterocycles. The molecule has 2 aromatic carbocycles. The maximum Gasteiger partial charge on any atom is 0.0160 e. The van der Waals surface area contributed by atoms with Gasteiger partial charge in [-0.25, -0.2) is 4.68 Å². The molecule has 5 aromatic rings. The van der Waals surface area contributed by atoms with Crippen molar-refractivity contribution in [2.24, 2.45) is 5.11 Å². The molecule has 0 aliphatic carbocycles. The number of benzene rings is 2. The number of hydrogen-bond donors (Lipinski definition) is 0. The van der Waals surface area contributed by atoms with Gasteiger partial charge in [0.15, 0.2) is 0 Å². The third-order valence-electron chi connectivity index (χ3n) is 4.48. The Morgan fingerprint density at radius 3 is 1.73 bits per heavy atom. The Hall–Kier alpha value is 2.33. The van der Waals surface area contributed by atoms with Crippen molar-refractivity contribution in [3.63, 3.8) is 0 Å². The van der Waals surface area contributed by atoms with Crippen LogP contribution in [0.2, 0.25) is 0 Å². The van der Waals surface area contributed by atoms with Crippen LogP contribution in [-0.2, 0) is 54.6 Å². The molecule has 49 heavy (non-hydrogen) atoms. The first-order chi connectivity index (χ1) is 21.8. The van der Waals surface area contributed by atoms with Gasteiger partial charge in [-0.15, -0.1) is 77.1 Å². The molecule has 0 bridgehead atoms. The number of hydrogen-bond acceptors (Lipinski definition) is 5. The molecule has 5 rings (SSSR count). The monoisotopic (exact) mass is 1880 g/mol. The van der Waals surface area contributed by atoms with Crippen LogP contribution in [0.3, 0.4) is 0 Å². The fourth-order valence-corrected chi connectivity index (χ4v) is 2.98. The topological polar surface area (TPSA) is 105 Å². The van der Waals surface area contributed by atoms with Crippen molar-refractivity contribution in [2.75, 3.05) is 0 Å². The van der Waals surface area contributed by atoms with E-state index in [2.05, 4.69) is 192 Å². The number of pyridine rings is 2. The summed E-state index contributed by atoms with van der Waals surface area (Å²) in [5, 5.41) is 11.6. The molecular weight excluding hydrogens is 1850 g/mol. The fourth-order valence-electron chi connectivity index (χ4n) is 2.98. The molecule has 0 amide bonds. The summed E-state index contributed by atoms with van der Waals surface area (Å²) in [6, 6.07) is 28.6. The summed E-state index contributed by atoms with van der Waals surface area (Å²) < 4.78 is 1.75. The normalized spacial score (nSPS) is 8.02. The average molecular weight is 1880 g/mol. The first kappa shape index (κ1) is 60.6. The van der Waals surface area contributed by atoms with E-state index in [0.717, 1.165) is 33.9 Å². The first-order valence-corrected chi connectivity index (χ1v) is 40.6. The molecule has 3 aromatic heterocycles. The first-order valence-electron chi connectivity index (χ1n) is 11.8. The zero-order valence-electron chi connectivity index (χ0n) is 26.0. The summed E-state index contributed by atoms with van der Waals surface area (Å²) in [5.74, 6) is 2.25. The van der Waals surface area contributed by atoms with Gasteiger partial charge in [0.2, 0.25) is 0 Å². The quantitative estimate of drug-likeness (QED) is 0.0446. The van der Waals surface area contributed by atoms with Gasteiger partial charge in [-0.1, -0.05) is 34.6 Å². The van der Waals surface area contributed by atoms with E-state index in [4.69, 9.17) is 5.53 Å². The van der Waals surface area contributed by atoms with Gasteiger partial charge in [-0.2, -0.15) is 0 Å². The standard InChI is InChI=1S/C14H11N4.C11H7N4.C3H4.2CH3.I2.5HI.2Ir.2V/c1-11-10-18(17-16-11)13-6-4-5-12(9-13)14-7-2-3-8-15-14;12-15-14-10-5-3-4-9(8-10)11-6-1-2-7-13-11;1-3-2;;;1-2;;;;;;;;;/h2-4,6-10H,1H3;1-3,5-8H;1H,2H3;2*1H3;;5*1H;;;;/q2*-1;;2*-1;;;;;;;;;+2;+3/p-5. The summed E-state index contributed by atoms with van der Waals surface area (Å²) >= 11 is 16.4. The van der Waals surface area contributed by atoms with E-state index in [1.165, 1.54) is 0 Å². The second-order valence-electron chi connectivity index (χ2n) is 7.39. The van der Waals surface area contributed by atoms with E-state index in [9.17, 15) is 0 Å². The zero-order valence-corrected chi connectivity index (χ0v) is 48.7. The molecule has 0 aliphatic rings. The molecule has 0 spiro atoms. The summed E-state index contributed by atoms with van der Waals surface area (Å²) in [7, 11) is 0.628. The van der Waals surface area contributed by atoms with Crippen LogP contribution in [0.1, 0.15) is 12.6 Å². The maximum absolute atomic E-state index is 8.31. The van der Waals surface area contributed by atoms with Gasteiger partial charge >= 0.3 is 114 Å². The molecule has 8 nitrogen and oxygen atoms in total. The van der Waals surface area contributed by atoms with Gasteiger partial charge < -0.3 is 24.8 Å². The molecule has 0 saturated carbocycles. The fraction of sp³-hybridized carbons (Fsp3) is 0.0667. The van der Waals surface area contributed by atoms with Crippen molar-refractivity contribution < 1.29 is 54.6 Å². The van der Waals surface area contributed by atoms with Crippen molar-refractivity contribution in [3.8, 4) is 40.5 Å². The molecule has 0 saturated heterocycles. The predicted octanol–water partition coefficient (Wildman–Crippen LogP) is 13.7. The van der Waals surface area contributed by atoms with E-state index < -0.39 is 0 Å². The van der Waals surface area contributed by atoms with Crippen molar-refractivity contribution in [2.45, 2.75) is 13.8 Å². The molecule has 19 heteroatoms. The van der Waals surface area contributed by atoms with Crippen LogP contribution in [0, 0.1) is 46.3 Å². The SMILES string of the molecule is C#CC.Cc1cn(-c2cc[c-]c(-c3ccccn3)c2)nn1.II.[CH3-].[CH3-].[I][V]([I])[I].[I][V][I].[Ir].[Ir].[N-]=[N+]=Nc1cc[c-]c(-c2ccccn2)c1. The van der Waals surface area contributed by atoms with Crippen molar-refractivity contribution in [1.29, 1.82) is 0 Å². The molecule has 0 N–H and O–H groups in total. The minimum absolute atomic E-state index is 0. The molecule has 269 valence electrons. The summed E-state index contributed by atoms with van der Waals surface area (Å²) in [5.41, 5.74) is 14.2. The number of nitrogens with zero attached hydrogens (tertiary/aromatic N) is 8. The number of rotatable bonds is 4. The summed E-state index contributed by atoms with van der Waals surface area (Å²) in [6.45, 7) is 3.57. The molecule has 0 atom stereocenters. The van der Waals surface area contributed by atoms with E-state index in [0.29, 0.717) is 15.2 Å². The smallest absolute Gasteiger partial charge is 0.0160 e. The predicted molar refractivity (Wildman–Crippen MR) is 251 cm³/mol. The molecule has 2 radical (unpaired) electrons. The Bertz CT molecular complexity index is 1580. The van der Waals surface area contributed by atoms with E-state index in [1.807, 2.05) is 67.7 Å². The van der Waals surface area contributed by atoms with Gasteiger partial charge in [-0.05, 0) is 54.3 Å². The second kappa shape index (κ2) is 41.5. The van der Waals surface area contributed by atoms with Gasteiger partial charge in [0.05, 0.1) is 11.9 Å². The van der Waals surface area contributed by atoms with E-state index in [-0.39, 0.29) is 60.0 Å². The van der Waals surface area contributed by atoms with Crippen LogP contribution in [-0.4, -0.2) is 25.0 Å². The average Bonchev–Trinajstić information content (AvgIpc) is 3.50. The minimum Gasteiger partial charge on any atom is -0.305 e. The van der Waals surface area contributed by atoms with E-state index in [1.54, 1.807) is 42.2 Å². The molecular formula is C30H28I7Ir2N8V2-4. The van der Waals surface area contributed by atoms with Gasteiger partial charge in [0.1, 0.15) is 0 Å². The number of aromatic nitrogens is 5. The number of aryl methyl sites for hydroxylation is 1. The molecule has 0 unspecified atom stereocenters. The third-order valence-corrected chi connectivity index (χ3v) is 4.48. The number of terminal acetylenes is 1. The van der Waals surface area contributed by atoms with Crippen LogP contribution < -0.4 is 0 Å². The Morgan fingerprint density at radius 2 is 1.35 bits per heavy atom. The number of halogens is 7. The van der Waals surface area contributed by atoms with Crippen LogP contribution in [0.25, 0.3) is 38.6 Å². The summed E-state index contributed by atoms with van der Waals surface area (Å²) in [6.07, 6.45) is 9.97. The van der Waals surface area contributed by atoms with Gasteiger partial charge in [0.25, 0.3) is 0 Å². The maximum atomic E-state index is 8.31. The Balaban J connectivity index is -0.000000189. The Morgan fingerprint density at radius 1 is 0.898 bits per heavy atom. The van der Waals surface area contributed by atoms with Crippen LogP contribution in [0.15, 0.2) is 96.5 Å². The van der Waals surface area contributed by atoms with Crippen LogP contribution in [0.4, 0.5) is 5.69 Å². The largest absolute Gasteiger partial charge is 0.305 e. The van der Waals surface area contributed by atoms with Crippen LogP contribution >= 0.6 is 137 Å². The number of azide groups is 1. The van der Waals surface area contributed by atoms with E-state index >= 15 is 0 Å². The van der Waals surface area contributed by atoms with Crippen molar-refractivity contribution >= 4 is 143 Å². The van der Waals surface area contributed by atoms with Crippen LogP contribution in [0.5, 0.6) is 0 Å². The Labute approximate surface area is 408 Å². The summed E-state index contributed by atoms with van der Waals surface area (Å²) in [4.78, 5) is 11.0. The molecule has 3 heterocycles. The second-order valence-corrected chi connectivity index (χ2v) is 54.5. The van der Waals surface area contributed by atoms with Crippen molar-refractivity contribution in [1.82, 2.24) is 25.0 Å². The van der Waals surface area contributed by atoms with Gasteiger partial charge in [0, 0.05) is 94.7 Å². The molecule has 0 fully saturated rings. The van der Waals surface area contributed by atoms with Gasteiger partial charge in [-0.3, -0.25) is 0 Å². The van der Waals surface area contributed by atoms with Crippen molar-refractivity contribution in [3.05, 3.63) is 135 Å². The Kier molecular flexibility index (Phi) is 51.3. The minimum atomic E-state index is -0.278. The third kappa shape index (κ3) is 30.3.